The number of nitrogens with two attached hydrogens (primary N) is 1. The van der Waals surface area contributed by atoms with E-state index < -0.39 is 30.6 Å². The van der Waals surface area contributed by atoms with Gasteiger partial charge in [-0.05, 0) is 18.9 Å². The van der Waals surface area contributed by atoms with E-state index in [2.05, 4.69) is 27.2 Å². The first-order chi connectivity index (χ1) is 12.1. The summed E-state index contributed by atoms with van der Waals surface area (Å²) in [5.74, 6) is 11.8. The molecular weight excluding hydrogens is 326 g/mol. The monoisotopic (exact) mass is 345 g/mol. The van der Waals surface area contributed by atoms with Crippen LogP contribution in [0.15, 0.2) is 18.6 Å². The predicted octanol–water partition coefficient (Wildman–Crippen LogP) is -0.890. The van der Waals surface area contributed by atoms with Gasteiger partial charge in [-0.25, -0.2) is 15.8 Å². The summed E-state index contributed by atoms with van der Waals surface area (Å²) in [6.07, 6.45) is -0.523. The average molecular weight is 345 g/mol. The van der Waals surface area contributed by atoms with Crippen LogP contribution >= 0.6 is 0 Å². The largest absolute Gasteiger partial charge is 0.387 e. The summed E-state index contributed by atoms with van der Waals surface area (Å²) < 4.78 is 7.30. The molecule has 5 atom stereocenters. The molecule has 0 amide bonds. The molecule has 1 aliphatic carbocycles. The van der Waals surface area contributed by atoms with Gasteiger partial charge >= 0.3 is 0 Å². The minimum absolute atomic E-state index is 0.321. The van der Waals surface area contributed by atoms with Crippen LogP contribution < -0.4 is 11.3 Å². The molecule has 4 rings (SSSR count). The molecule has 2 aromatic heterocycles. The van der Waals surface area contributed by atoms with E-state index in [9.17, 15) is 15.3 Å². The Bertz CT molecular complexity index is 840. The van der Waals surface area contributed by atoms with E-state index in [0.29, 0.717) is 22.8 Å². The molecule has 2 aliphatic rings. The highest BCUT2D eigenvalue weighted by atomic mass is 16.6. The smallest absolute Gasteiger partial charge is 0.164 e. The summed E-state index contributed by atoms with van der Waals surface area (Å²) in [5.41, 5.74) is 2.96. The van der Waals surface area contributed by atoms with Crippen molar-refractivity contribution < 1.29 is 20.1 Å². The fraction of sp³-hybridized carbons (Fsp3) is 0.500. The first kappa shape index (κ1) is 16.3. The number of nitrogens with one attached hydrogen (secondary N) is 1. The number of aliphatic hydroxyl groups excluding tert-OH is 3. The van der Waals surface area contributed by atoms with Crippen molar-refractivity contribution in [3.05, 3.63) is 18.6 Å². The van der Waals surface area contributed by atoms with Crippen LogP contribution in [0.1, 0.15) is 19.1 Å². The molecule has 1 aliphatic heterocycles. The van der Waals surface area contributed by atoms with E-state index in [4.69, 9.17) is 10.6 Å². The first-order valence-corrected chi connectivity index (χ1v) is 8.09. The predicted molar refractivity (Wildman–Crippen MR) is 87.8 cm³/mol. The van der Waals surface area contributed by atoms with Gasteiger partial charge in [0.2, 0.25) is 0 Å². The van der Waals surface area contributed by atoms with Gasteiger partial charge in [0, 0.05) is 12.1 Å². The Labute approximate surface area is 143 Å². The van der Waals surface area contributed by atoms with Gasteiger partial charge in [0.15, 0.2) is 12.0 Å². The second kappa shape index (κ2) is 6.25. The Morgan fingerprint density at radius 3 is 2.84 bits per heavy atom. The molecule has 25 heavy (non-hydrogen) atoms. The number of hydrazine groups is 1. The van der Waals surface area contributed by atoms with Crippen molar-refractivity contribution in [1.29, 1.82) is 0 Å². The van der Waals surface area contributed by atoms with E-state index >= 15 is 0 Å². The maximum Gasteiger partial charge on any atom is 0.164 e. The van der Waals surface area contributed by atoms with Crippen molar-refractivity contribution in [2.24, 2.45) is 11.8 Å². The Hall–Kier alpha value is -2.22. The summed E-state index contributed by atoms with van der Waals surface area (Å²) in [4.78, 5) is 8.20. The fourth-order valence-corrected chi connectivity index (χ4v) is 2.98. The SMILES string of the molecule is NNc1ncnc2c1ccn2[C@@H]1O[C@H]([C@H](O)C#CC2CC2)[C@@H](O)[C@H]1O. The number of aliphatic hydroxyl groups is 3. The lowest BCUT2D eigenvalue weighted by atomic mass is 10.1. The number of rotatable bonds is 3. The third kappa shape index (κ3) is 2.84. The lowest BCUT2D eigenvalue weighted by Crippen LogP contribution is -2.38. The quantitative estimate of drug-likeness (QED) is 0.274. The number of nitrogen functional groups attached to an aromatic ring is 1. The number of fused-ring (bicyclic) bond motifs is 1. The summed E-state index contributed by atoms with van der Waals surface area (Å²) in [5, 5.41) is 31.5. The van der Waals surface area contributed by atoms with E-state index in [-0.39, 0.29) is 0 Å². The van der Waals surface area contributed by atoms with Gasteiger partial charge in [-0.3, -0.25) is 0 Å². The third-order valence-corrected chi connectivity index (χ3v) is 4.52. The van der Waals surface area contributed by atoms with E-state index in [0.717, 1.165) is 12.8 Å². The Morgan fingerprint density at radius 2 is 2.12 bits per heavy atom. The van der Waals surface area contributed by atoms with Crippen LogP contribution in [0.3, 0.4) is 0 Å². The number of anilines is 1. The molecule has 6 N–H and O–H groups in total. The second-order valence-corrected chi connectivity index (χ2v) is 6.31. The first-order valence-electron chi connectivity index (χ1n) is 8.09. The summed E-state index contributed by atoms with van der Waals surface area (Å²) >= 11 is 0. The zero-order valence-electron chi connectivity index (χ0n) is 13.3. The second-order valence-electron chi connectivity index (χ2n) is 6.31. The van der Waals surface area contributed by atoms with Crippen molar-refractivity contribution in [2.45, 2.75) is 43.5 Å². The van der Waals surface area contributed by atoms with Gasteiger partial charge in [0.25, 0.3) is 0 Å². The Kier molecular flexibility index (Phi) is 4.07. The standard InChI is InChI=1S/C16H19N5O4/c17-20-14-9-5-6-21(15(9)19-7-18-14)16-12(24)11(23)13(25-16)10(22)4-3-8-1-2-8/h5-8,10-13,16,22-24H,1-2,17H2,(H,18,19,20)/t10-,11+,12-,13-,16-/m1/s1. The highest BCUT2D eigenvalue weighted by Gasteiger charge is 2.47. The van der Waals surface area contributed by atoms with E-state index in [1.54, 1.807) is 16.8 Å². The van der Waals surface area contributed by atoms with Crippen LogP contribution in [0.5, 0.6) is 0 Å². The zero-order chi connectivity index (χ0) is 17.6. The number of nitrogens with zero attached hydrogens (tertiary/aromatic N) is 3. The summed E-state index contributed by atoms with van der Waals surface area (Å²) in [6.45, 7) is 0. The Morgan fingerprint density at radius 1 is 1.32 bits per heavy atom. The van der Waals surface area contributed by atoms with E-state index in [1.807, 2.05) is 0 Å². The molecule has 1 saturated heterocycles. The maximum absolute atomic E-state index is 10.4. The molecule has 0 radical (unpaired) electrons. The fourth-order valence-electron chi connectivity index (χ4n) is 2.98. The lowest BCUT2D eigenvalue weighted by molar-refractivity contribution is -0.0672. The zero-order valence-corrected chi connectivity index (χ0v) is 13.3. The van der Waals surface area contributed by atoms with Crippen molar-refractivity contribution in [1.82, 2.24) is 14.5 Å². The summed E-state index contributed by atoms with van der Waals surface area (Å²) in [6, 6.07) is 1.73. The van der Waals surface area contributed by atoms with Crippen LogP contribution in [-0.4, -0.2) is 54.3 Å². The molecule has 3 heterocycles. The number of ether oxygens (including phenoxy) is 1. The topological polar surface area (TPSA) is 139 Å². The van der Waals surface area contributed by atoms with Gasteiger partial charge < -0.3 is 30.0 Å². The number of hydrogen-bond acceptors (Lipinski definition) is 8. The number of aromatic nitrogens is 3. The van der Waals surface area contributed by atoms with Crippen LogP contribution in [0, 0.1) is 17.8 Å². The van der Waals surface area contributed by atoms with Crippen molar-refractivity contribution in [3.8, 4) is 11.8 Å². The lowest BCUT2D eigenvalue weighted by Gasteiger charge is -2.17. The van der Waals surface area contributed by atoms with Crippen molar-refractivity contribution >= 4 is 16.9 Å². The molecule has 0 bridgehead atoms. The highest BCUT2D eigenvalue weighted by molar-refractivity contribution is 5.87. The molecular formula is C16H19N5O4. The molecule has 2 fully saturated rings. The highest BCUT2D eigenvalue weighted by Crippen LogP contribution is 2.34. The maximum atomic E-state index is 10.4. The molecule has 2 aromatic rings. The Balaban J connectivity index is 1.62. The van der Waals surface area contributed by atoms with Gasteiger partial charge in [-0.1, -0.05) is 11.8 Å². The molecule has 9 nitrogen and oxygen atoms in total. The minimum atomic E-state index is -1.26. The minimum Gasteiger partial charge on any atom is -0.387 e. The van der Waals surface area contributed by atoms with Crippen molar-refractivity contribution in [2.75, 3.05) is 5.43 Å². The number of hydrogen-bond donors (Lipinski definition) is 5. The third-order valence-electron chi connectivity index (χ3n) is 4.52. The molecule has 1 saturated carbocycles. The molecule has 9 heteroatoms. The van der Waals surface area contributed by atoms with Crippen LogP contribution in [0.4, 0.5) is 5.82 Å². The van der Waals surface area contributed by atoms with Crippen LogP contribution in [-0.2, 0) is 4.74 Å². The van der Waals surface area contributed by atoms with Crippen LogP contribution in [0.2, 0.25) is 0 Å². The van der Waals surface area contributed by atoms with Crippen molar-refractivity contribution in [3.63, 3.8) is 0 Å². The summed E-state index contributed by atoms with van der Waals surface area (Å²) in [7, 11) is 0. The van der Waals surface area contributed by atoms with Gasteiger partial charge in [-0.2, -0.15) is 0 Å². The molecule has 0 aromatic carbocycles. The van der Waals surface area contributed by atoms with Gasteiger partial charge in [0.05, 0.1) is 5.39 Å². The van der Waals surface area contributed by atoms with Gasteiger partial charge in [0.1, 0.15) is 36.4 Å². The van der Waals surface area contributed by atoms with E-state index in [1.165, 1.54) is 6.33 Å². The van der Waals surface area contributed by atoms with Crippen LogP contribution in [0.25, 0.3) is 11.0 Å². The average Bonchev–Trinajstić information content (AvgIpc) is 3.29. The molecule has 0 unspecified atom stereocenters. The molecule has 0 spiro atoms. The normalized spacial score (nSPS) is 30.1. The van der Waals surface area contributed by atoms with Gasteiger partial charge in [-0.15, -0.1) is 0 Å². The molecule has 132 valence electrons.